The van der Waals surface area contributed by atoms with Crippen LogP contribution in [-0.2, 0) is 0 Å². The van der Waals surface area contributed by atoms with Crippen LogP contribution in [0, 0.1) is 0 Å². The van der Waals surface area contributed by atoms with Gasteiger partial charge in [-0.3, -0.25) is 0 Å². The first kappa shape index (κ1) is 12.3. The largest absolute Gasteiger partial charge is 0.504 e. The molecule has 0 atom stereocenters. The van der Waals surface area contributed by atoms with Crippen LogP contribution < -0.4 is 10.4 Å². The Morgan fingerprint density at radius 3 is 2.44 bits per heavy atom. The van der Waals surface area contributed by atoms with E-state index in [0.29, 0.717) is 5.75 Å². The molecule has 0 saturated carbocycles. The molecule has 1 aromatic heterocycles. The molecule has 0 aliphatic rings. The molecular weight excluding hydrogens is 236 g/mol. The maximum Gasteiger partial charge on any atom is 0.382 e. The molecule has 0 aliphatic carbocycles. The van der Waals surface area contributed by atoms with Crippen molar-refractivity contribution in [1.29, 1.82) is 0 Å². The molecule has 0 fully saturated rings. The summed E-state index contributed by atoms with van der Waals surface area (Å²) in [7, 11) is 0. The van der Waals surface area contributed by atoms with Gasteiger partial charge in [0.2, 0.25) is 5.75 Å². The molecule has 18 heavy (non-hydrogen) atoms. The van der Waals surface area contributed by atoms with Crippen molar-refractivity contribution in [1.82, 2.24) is 0 Å². The predicted molar refractivity (Wildman–Crippen MR) is 66.2 cm³/mol. The first-order valence-electron chi connectivity index (χ1n) is 5.46. The minimum Gasteiger partial charge on any atom is -0.504 e. The molecule has 2 N–H and O–H groups in total. The summed E-state index contributed by atoms with van der Waals surface area (Å²) in [4.78, 5) is 11.3. The maximum atomic E-state index is 11.3. The van der Waals surface area contributed by atoms with Crippen molar-refractivity contribution in [3.05, 3.63) is 28.6 Å². The van der Waals surface area contributed by atoms with Crippen LogP contribution >= 0.6 is 0 Å². The van der Waals surface area contributed by atoms with E-state index in [9.17, 15) is 15.0 Å². The number of rotatable bonds is 1. The molecule has 0 aliphatic heterocycles. The molecule has 2 aromatic rings. The van der Waals surface area contributed by atoms with Crippen LogP contribution in [0.3, 0.4) is 0 Å². The van der Waals surface area contributed by atoms with E-state index in [0.717, 1.165) is 0 Å². The second-order valence-corrected chi connectivity index (χ2v) is 4.93. The summed E-state index contributed by atoms with van der Waals surface area (Å²) in [5.74, 6) is -0.955. The van der Waals surface area contributed by atoms with E-state index in [1.54, 1.807) is 12.1 Å². The van der Waals surface area contributed by atoms with Crippen LogP contribution in [0.25, 0.3) is 11.0 Å². The van der Waals surface area contributed by atoms with Gasteiger partial charge >= 0.3 is 5.63 Å². The zero-order valence-electron chi connectivity index (χ0n) is 10.4. The highest BCUT2D eigenvalue weighted by Gasteiger charge is 2.19. The second kappa shape index (κ2) is 3.94. The van der Waals surface area contributed by atoms with Crippen molar-refractivity contribution in [3.63, 3.8) is 0 Å². The first-order chi connectivity index (χ1) is 8.29. The van der Waals surface area contributed by atoms with Crippen LogP contribution in [0.2, 0.25) is 0 Å². The van der Waals surface area contributed by atoms with Gasteiger partial charge in [-0.25, -0.2) is 4.79 Å². The Balaban J connectivity index is 2.74. The summed E-state index contributed by atoms with van der Waals surface area (Å²) < 4.78 is 10.6. The number of ether oxygens (including phenoxy) is 1. The standard InChI is InChI=1S/C13H14O5/c1-13(2,3)18-8-6-4-5-7-9(14)10(15)12(16)17-11(7)8/h4-6,14-15H,1-3H3. The number of para-hydroxylation sites is 1. The third-order valence-corrected chi connectivity index (χ3v) is 2.26. The quantitative estimate of drug-likeness (QED) is 0.759. The summed E-state index contributed by atoms with van der Waals surface area (Å²) in [6.45, 7) is 5.55. The Bertz CT molecular complexity index is 649. The molecule has 1 heterocycles. The van der Waals surface area contributed by atoms with Crippen molar-refractivity contribution >= 4 is 11.0 Å². The summed E-state index contributed by atoms with van der Waals surface area (Å²) in [6.07, 6.45) is 0. The number of hydrogen-bond acceptors (Lipinski definition) is 5. The second-order valence-electron chi connectivity index (χ2n) is 4.93. The van der Waals surface area contributed by atoms with Crippen molar-refractivity contribution in [2.45, 2.75) is 26.4 Å². The molecule has 0 unspecified atom stereocenters. The molecule has 2 rings (SSSR count). The van der Waals surface area contributed by atoms with Crippen LogP contribution in [0.5, 0.6) is 17.2 Å². The van der Waals surface area contributed by atoms with Gasteiger partial charge in [-0.1, -0.05) is 6.07 Å². The molecular formula is C13H14O5. The number of fused-ring (bicyclic) bond motifs is 1. The SMILES string of the molecule is CC(C)(C)Oc1cccc2c(O)c(O)c(=O)oc12. The molecule has 0 radical (unpaired) electrons. The summed E-state index contributed by atoms with van der Waals surface area (Å²) >= 11 is 0. The fraction of sp³-hybridized carbons (Fsp3) is 0.308. The van der Waals surface area contributed by atoms with E-state index in [-0.39, 0.29) is 11.0 Å². The van der Waals surface area contributed by atoms with Crippen LogP contribution in [0.4, 0.5) is 0 Å². The van der Waals surface area contributed by atoms with Crippen molar-refractivity contribution < 1.29 is 19.4 Å². The molecule has 0 amide bonds. The summed E-state index contributed by atoms with van der Waals surface area (Å²) in [5, 5.41) is 19.3. The average molecular weight is 250 g/mol. The predicted octanol–water partition coefficient (Wildman–Crippen LogP) is 2.38. The molecule has 5 heteroatoms. The fourth-order valence-electron chi connectivity index (χ4n) is 1.58. The molecule has 0 bridgehead atoms. The molecule has 0 spiro atoms. The van der Waals surface area contributed by atoms with Crippen molar-refractivity contribution in [2.75, 3.05) is 0 Å². The van der Waals surface area contributed by atoms with Crippen molar-refractivity contribution in [2.24, 2.45) is 0 Å². The smallest absolute Gasteiger partial charge is 0.382 e. The monoisotopic (exact) mass is 250 g/mol. The Morgan fingerprint density at radius 1 is 1.17 bits per heavy atom. The van der Waals surface area contributed by atoms with Gasteiger partial charge in [-0.2, -0.15) is 0 Å². The third-order valence-electron chi connectivity index (χ3n) is 2.26. The minimum absolute atomic E-state index is 0.118. The minimum atomic E-state index is -0.995. The van der Waals surface area contributed by atoms with Crippen molar-refractivity contribution in [3.8, 4) is 17.2 Å². The Hall–Kier alpha value is -2.17. The normalized spacial score (nSPS) is 11.7. The van der Waals surface area contributed by atoms with Gasteiger partial charge < -0.3 is 19.4 Å². The lowest BCUT2D eigenvalue weighted by atomic mass is 10.1. The van der Waals surface area contributed by atoms with Gasteiger partial charge in [-0.15, -0.1) is 0 Å². The average Bonchev–Trinajstić information content (AvgIpc) is 2.25. The molecule has 96 valence electrons. The van der Waals surface area contributed by atoms with Gasteiger partial charge in [0.15, 0.2) is 17.1 Å². The van der Waals surface area contributed by atoms with Crippen LogP contribution in [0.1, 0.15) is 20.8 Å². The maximum absolute atomic E-state index is 11.3. The lowest BCUT2D eigenvalue weighted by Gasteiger charge is -2.21. The lowest BCUT2D eigenvalue weighted by molar-refractivity contribution is 0.131. The van der Waals surface area contributed by atoms with Gasteiger partial charge in [0.05, 0.1) is 5.39 Å². The first-order valence-corrected chi connectivity index (χ1v) is 5.46. The van der Waals surface area contributed by atoms with Crippen LogP contribution in [0.15, 0.2) is 27.4 Å². The highest BCUT2D eigenvalue weighted by molar-refractivity contribution is 5.89. The number of hydrogen-bond donors (Lipinski definition) is 2. The topological polar surface area (TPSA) is 79.9 Å². The van der Waals surface area contributed by atoms with E-state index in [1.807, 2.05) is 20.8 Å². The van der Waals surface area contributed by atoms with E-state index in [4.69, 9.17) is 9.15 Å². The Labute approximate surface area is 103 Å². The van der Waals surface area contributed by atoms with E-state index in [2.05, 4.69) is 0 Å². The molecule has 0 saturated heterocycles. The lowest BCUT2D eigenvalue weighted by Crippen LogP contribution is -2.23. The Kier molecular flexibility index (Phi) is 2.69. The summed E-state index contributed by atoms with van der Waals surface area (Å²) in [6, 6.07) is 4.80. The molecule has 5 nitrogen and oxygen atoms in total. The van der Waals surface area contributed by atoms with Gasteiger partial charge in [-0.05, 0) is 32.9 Å². The van der Waals surface area contributed by atoms with Crippen LogP contribution in [-0.4, -0.2) is 15.8 Å². The summed E-state index contributed by atoms with van der Waals surface area (Å²) in [5.41, 5.74) is -1.35. The highest BCUT2D eigenvalue weighted by Crippen LogP contribution is 2.35. The number of benzene rings is 1. The van der Waals surface area contributed by atoms with E-state index >= 15 is 0 Å². The zero-order chi connectivity index (χ0) is 13.5. The van der Waals surface area contributed by atoms with E-state index in [1.165, 1.54) is 6.07 Å². The van der Waals surface area contributed by atoms with Gasteiger partial charge in [0.1, 0.15) is 5.60 Å². The van der Waals surface area contributed by atoms with E-state index < -0.39 is 22.7 Å². The third kappa shape index (κ3) is 2.11. The zero-order valence-corrected chi connectivity index (χ0v) is 10.4. The fourth-order valence-corrected chi connectivity index (χ4v) is 1.58. The molecule has 1 aromatic carbocycles. The highest BCUT2D eigenvalue weighted by atomic mass is 16.5. The Morgan fingerprint density at radius 2 is 1.83 bits per heavy atom. The number of aromatic hydroxyl groups is 2. The van der Waals surface area contributed by atoms with Gasteiger partial charge in [0.25, 0.3) is 0 Å². The van der Waals surface area contributed by atoms with Gasteiger partial charge in [0, 0.05) is 0 Å².